The smallest absolute Gasteiger partial charge is 0.153 e. The number of benzene rings is 1. The van der Waals surface area contributed by atoms with Gasteiger partial charge in [-0.25, -0.2) is 0 Å². The molecule has 0 radical (unpaired) electrons. The highest BCUT2D eigenvalue weighted by atomic mass is 15.1. The SMILES string of the molecule is C=CC(N)c1cccc2[nH]nc(N)c12. The van der Waals surface area contributed by atoms with Gasteiger partial charge in [-0.1, -0.05) is 18.2 Å². The molecule has 0 amide bonds. The first-order chi connectivity index (χ1) is 6.74. The Kier molecular flexibility index (Phi) is 1.98. The van der Waals surface area contributed by atoms with Gasteiger partial charge in [0.05, 0.1) is 5.52 Å². The molecule has 0 bridgehead atoms. The monoisotopic (exact) mass is 188 g/mol. The molecule has 1 aromatic heterocycles. The van der Waals surface area contributed by atoms with Crippen LogP contribution in [-0.4, -0.2) is 10.2 Å². The maximum atomic E-state index is 5.87. The van der Waals surface area contributed by atoms with Gasteiger partial charge in [0, 0.05) is 11.4 Å². The molecule has 1 atom stereocenters. The zero-order valence-corrected chi connectivity index (χ0v) is 7.70. The minimum Gasteiger partial charge on any atom is -0.382 e. The molecule has 2 rings (SSSR count). The zero-order chi connectivity index (χ0) is 10.1. The van der Waals surface area contributed by atoms with Crippen molar-refractivity contribution in [3.05, 3.63) is 36.4 Å². The molecule has 5 N–H and O–H groups in total. The van der Waals surface area contributed by atoms with Gasteiger partial charge in [-0.2, -0.15) is 5.10 Å². The molecule has 14 heavy (non-hydrogen) atoms. The lowest BCUT2D eigenvalue weighted by Crippen LogP contribution is -2.07. The molecule has 0 aliphatic carbocycles. The van der Waals surface area contributed by atoms with Crippen LogP contribution in [0.4, 0.5) is 5.82 Å². The lowest BCUT2D eigenvalue weighted by atomic mass is 10.0. The van der Waals surface area contributed by atoms with E-state index < -0.39 is 0 Å². The molecule has 72 valence electrons. The largest absolute Gasteiger partial charge is 0.382 e. The fourth-order valence-electron chi connectivity index (χ4n) is 1.53. The third kappa shape index (κ3) is 1.16. The molecule has 2 aromatic rings. The summed E-state index contributed by atoms with van der Waals surface area (Å²) in [4.78, 5) is 0. The Balaban J connectivity index is 2.74. The van der Waals surface area contributed by atoms with E-state index in [9.17, 15) is 0 Å². The number of rotatable bonds is 2. The van der Waals surface area contributed by atoms with Gasteiger partial charge < -0.3 is 11.5 Å². The van der Waals surface area contributed by atoms with Crippen LogP contribution in [0.1, 0.15) is 11.6 Å². The van der Waals surface area contributed by atoms with Crippen molar-refractivity contribution in [2.24, 2.45) is 5.73 Å². The van der Waals surface area contributed by atoms with Crippen molar-refractivity contribution < 1.29 is 0 Å². The molecule has 0 aliphatic heterocycles. The average molecular weight is 188 g/mol. The Bertz CT molecular complexity index is 472. The van der Waals surface area contributed by atoms with Crippen LogP contribution in [0.3, 0.4) is 0 Å². The van der Waals surface area contributed by atoms with Gasteiger partial charge in [0.1, 0.15) is 0 Å². The van der Waals surface area contributed by atoms with Crippen LogP contribution >= 0.6 is 0 Å². The van der Waals surface area contributed by atoms with E-state index >= 15 is 0 Å². The van der Waals surface area contributed by atoms with Crippen LogP contribution in [0, 0.1) is 0 Å². The van der Waals surface area contributed by atoms with Crippen molar-refractivity contribution >= 4 is 16.7 Å². The van der Waals surface area contributed by atoms with E-state index in [1.807, 2.05) is 18.2 Å². The number of nitrogen functional groups attached to an aromatic ring is 1. The lowest BCUT2D eigenvalue weighted by Gasteiger charge is -2.07. The molecule has 1 heterocycles. The van der Waals surface area contributed by atoms with Crippen LogP contribution < -0.4 is 11.5 Å². The van der Waals surface area contributed by atoms with Gasteiger partial charge in [-0.3, -0.25) is 5.10 Å². The van der Waals surface area contributed by atoms with Crippen molar-refractivity contribution in [3.63, 3.8) is 0 Å². The maximum Gasteiger partial charge on any atom is 0.153 e. The minimum absolute atomic E-state index is 0.210. The molecular weight excluding hydrogens is 176 g/mol. The Hall–Kier alpha value is -1.81. The maximum absolute atomic E-state index is 5.87. The highest BCUT2D eigenvalue weighted by Gasteiger charge is 2.10. The first-order valence-electron chi connectivity index (χ1n) is 4.34. The lowest BCUT2D eigenvalue weighted by molar-refractivity contribution is 0.925. The van der Waals surface area contributed by atoms with Crippen LogP contribution in [0.15, 0.2) is 30.9 Å². The number of anilines is 1. The van der Waals surface area contributed by atoms with Crippen LogP contribution in [0.25, 0.3) is 10.9 Å². The quantitative estimate of drug-likeness (QED) is 0.622. The van der Waals surface area contributed by atoms with E-state index in [2.05, 4.69) is 16.8 Å². The van der Waals surface area contributed by atoms with Crippen LogP contribution in [0.5, 0.6) is 0 Å². The van der Waals surface area contributed by atoms with Gasteiger partial charge >= 0.3 is 0 Å². The second-order valence-corrected chi connectivity index (χ2v) is 3.14. The number of nitrogens with one attached hydrogen (secondary N) is 1. The highest BCUT2D eigenvalue weighted by Crippen LogP contribution is 2.26. The molecule has 4 heteroatoms. The number of aromatic nitrogens is 2. The summed E-state index contributed by atoms with van der Waals surface area (Å²) < 4.78 is 0. The Morgan fingerprint density at radius 1 is 1.50 bits per heavy atom. The van der Waals surface area contributed by atoms with Crippen molar-refractivity contribution in [1.82, 2.24) is 10.2 Å². The number of H-pyrrole nitrogens is 1. The third-order valence-electron chi connectivity index (χ3n) is 2.26. The van der Waals surface area contributed by atoms with Crippen LogP contribution in [0.2, 0.25) is 0 Å². The minimum atomic E-state index is -0.210. The number of nitrogens with zero attached hydrogens (tertiary/aromatic N) is 1. The average Bonchev–Trinajstić information content (AvgIpc) is 2.59. The molecule has 0 fully saturated rings. The predicted molar refractivity (Wildman–Crippen MR) is 57.6 cm³/mol. The number of nitrogens with two attached hydrogens (primary N) is 2. The molecule has 4 nitrogen and oxygen atoms in total. The predicted octanol–water partition coefficient (Wildman–Crippen LogP) is 1.33. The molecule has 0 saturated heterocycles. The molecular formula is C10H12N4. The molecule has 1 aromatic carbocycles. The van der Waals surface area contributed by atoms with Gasteiger partial charge in [0.2, 0.25) is 0 Å². The van der Waals surface area contributed by atoms with Crippen molar-refractivity contribution in [2.45, 2.75) is 6.04 Å². The number of aromatic amines is 1. The summed E-state index contributed by atoms with van der Waals surface area (Å²) in [6.45, 7) is 3.66. The Labute approximate surface area is 81.6 Å². The summed E-state index contributed by atoms with van der Waals surface area (Å²) in [5, 5.41) is 7.67. The summed E-state index contributed by atoms with van der Waals surface area (Å²) in [6, 6.07) is 5.55. The summed E-state index contributed by atoms with van der Waals surface area (Å²) in [5.74, 6) is 0.480. The first-order valence-corrected chi connectivity index (χ1v) is 4.34. The molecule has 0 aliphatic rings. The van der Waals surface area contributed by atoms with E-state index in [-0.39, 0.29) is 6.04 Å². The van der Waals surface area contributed by atoms with Gasteiger partial charge in [-0.15, -0.1) is 6.58 Å². The zero-order valence-electron chi connectivity index (χ0n) is 7.70. The molecule has 0 saturated carbocycles. The summed E-state index contributed by atoms with van der Waals surface area (Å²) in [7, 11) is 0. The van der Waals surface area contributed by atoms with Crippen molar-refractivity contribution in [2.75, 3.05) is 5.73 Å². The van der Waals surface area contributed by atoms with E-state index in [1.54, 1.807) is 6.08 Å². The normalized spacial score (nSPS) is 12.9. The summed E-state index contributed by atoms with van der Waals surface area (Å²) in [5.41, 5.74) is 13.5. The number of fused-ring (bicyclic) bond motifs is 1. The first kappa shape index (κ1) is 8.77. The van der Waals surface area contributed by atoms with Gasteiger partial charge in [0.25, 0.3) is 0 Å². The third-order valence-corrected chi connectivity index (χ3v) is 2.26. The van der Waals surface area contributed by atoms with E-state index in [4.69, 9.17) is 11.5 Å². The van der Waals surface area contributed by atoms with E-state index in [0.29, 0.717) is 5.82 Å². The molecule has 1 unspecified atom stereocenters. The van der Waals surface area contributed by atoms with Crippen LogP contribution in [-0.2, 0) is 0 Å². The fourth-order valence-corrected chi connectivity index (χ4v) is 1.53. The number of hydrogen-bond acceptors (Lipinski definition) is 3. The Morgan fingerprint density at radius 3 is 3.00 bits per heavy atom. The van der Waals surface area contributed by atoms with Crippen molar-refractivity contribution in [3.8, 4) is 0 Å². The summed E-state index contributed by atoms with van der Waals surface area (Å²) in [6.07, 6.45) is 1.68. The van der Waals surface area contributed by atoms with Crippen molar-refractivity contribution in [1.29, 1.82) is 0 Å². The molecule has 0 spiro atoms. The standard InChI is InChI=1S/C10H12N4/c1-2-7(11)6-4-3-5-8-9(6)10(12)14-13-8/h2-5,7H,1,11H2,(H3,12,13,14). The fraction of sp³-hybridized carbons (Fsp3) is 0.100. The van der Waals surface area contributed by atoms with Gasteiger partial charge in [0.15, 0.2) is 5.82 Å². The second kappa shape index (κ2) is 3.16. The summed E-state index contributed by atoms with van der Waals surface area (Å²) >= 11 is 0. The highest BCUT2D eigenvalue weighted by molar-refractivity contribution is 5.92. The van der Waals surface area contributed by atoms with E-state index in [0.717, 1.165) is 16.5 Å². The van der Waals surface area contributed by atoms with E-state index in [1.165, 1.54) is 0 Å². The number of hydrogen-bond donors (Lipinski definition) is 3. The Morgan fingerprint density at radius 2 is 2.29 bits per heavy atom. The topological polar surface area (TPSA) is 80.7 Å². The van der Waals surface area contributed by atoms with Gasteiger partial charge in [-0.05, 0) is 11.6 Å². The second-order valence-electron chi connectivity index (χ2n) is 3.14.